The lowest BCUT2D eigenvalue weighted by Crippen LogP contribution is -2.17. The van der Waals surface area contributed by atoms with Gasteiger partial charge in [-0.15, -0.1) is 16.8 Å². The van der Waals surface area contributed by atoms with Gasteiger partial charge in [-0.05, 0) is 54.0 Å². The summed E-state index contributed by atoms with van der Waals surface area (Å²) in [7, 11) is 0. The molecule has 1 amide bonds. The van der Waals surface area contributed by atoms with E-state index in [0.29, 0.717) is 13.2 Å². The Morgan fingerprint density at radius 2 is 1.92 bits per heavy atom. The van der Waals surface area contributed by atoms with Gasteiger partial charge in [0.15, 0.2) is 5.16 Å². The highest BCUT2D eigenvalue weighted by Crippen LogP contribution is 2.25. The van der Waals surface area contributed by atoms with Crippen LogP contribution in [0, 0.1) is 6.92 Å². The van der Waals surface area contributed by atoms with Gasteiger partial charge in [0.25, 0.3) is 0 Å². The van der Waals surface area contributed by atoms with Crippen LogP contribution in [0.5, 0.6) is 5.75 Å². The number of thioether (sulfide) groups is 1. The number of nitrogens with one attached hydrogen (secondary N) is 1. The lowest BCUT2D eigenvalue weighted by Gasteiger charge is -2.19. The van der Waals surface area contributed by atoms with Crippen molar-refractivity contribution in [3.63, 3.8) is 0 Å². The average molecular weight is 507 g/mol. The summed E-state index contributed by atoms with van der Waals surface area (Å²) in [4.78, 5) is 12.7. The van der Waals surface area contributed by atoms with Crippen molar-refractivity contribution < 1.29 is 9.53 Å². The summed E-state index contributed by atoms with van der Waals surface area (Å²) < 4.78 is 7.95. The first kappa shape index (κ1) is 27.5. The first-order valence-electron chi connectivity index (χ1n) is 12.5. The first-order valence-corrected chi connectivity index (χ1v) is 13.5. The molecule has 0 radical (unpaired) electrons. The summed E-state index contributed by atoms with van der Waals surface area (Å²) in [6.45, 7) is 15.8. The summed E-state index contributed by atoms with van der Waals surface area (Å²) in [5.74, 6) is 1.96. The van der Waals surface area contributed by atoms with Crippen LogP contribution in [0.1, 0.15) is 56.6 Å². The van der Waals surface area contributed by atoms with E-state index in [1.54, 1.807) is 0 Å². The molecule has 0 aliphatic carbocycles. The first-order chi connectivity index (χ1) is 17.2. The number of amides is 1. The van der Waals surface area contributed by atoms with Gasteiger partial charge in [-0.3, -0.25) is 4.79 Å². The minimum absolute atomic E-state index is 0.0513. The Bertz CT molecular complexity index is 1160. The van der Waals surface area contributed by atoms with Crippen molar-refractivity contribution in [2.45, 2.75) is 71.0 Å². The van der Waals surface area contributed by atoms with Crippen molar-refractivity contribution in [2.24, 2.45) is 0 Å². The molecule has 7 heteroatoms. The van der Waals surface area contributed by atoms with Crippen molar-refractivity contribution in [1.82, 2.24) is 14.8 Å². The molecule has 0 unspecified atom stereocenters. The number of hydrogen-bond acceptors (Lipinski definition) is 5. The van der Waals surface area contributed by atoms with E-state index in [1.165, 1.54) is 17.3 Å². The zero-order valence-electron chi connectivity index (χ0n) is 22.1. The molecule has 0 spiro atoms. The number of aryl methyl sites for hydroxylation is 3. The van der Waals surface area contributed by atoms with Crippen molar-refractivity contribution in [1.29, 1.82) is 0 Å². The number of aromatic nitrogens is 3. The molecule has 1 N–H and O–H groups in total. The van der Waals surface area contributed by atoms with Crippen LogP contribution in [-0.4, -0.2) is 33.0 Å². The van der Waals surface area contributed by atoms with Crippen LogP contribution in [0.4, 0.5) is 5.69 Å². The molecule has 0 aliphatic heterocycles. The highest BCUT2D eigenvalue weighted by Gasteiger charge is 2.15. The minimum Gasteiger partial charge on any atom is -0.494 e. The largest absolute Gasteiger partial charge is 0.494 e. The van der Waals surface area contributed by atoms with Gasteiger partial charge < -0.3 is 14.6 Å². The van der Waals surface area contributed by atoms with Gasteiger partial charge in [0.2, 0.25) is 5.91 Å². The van der Waals surface area contributed by atoms with E-state index in [9.17, 15) is 4.79 Å². The third-order valence-corrected chi connectivity index (χ3v) is 6.94. The molecule has 0 atom stereocenters. The van der Waals surface area contributed by atoms with E-state index < -0.39 is 0 Å². The molecule has 0 aliphatic rings. The molecule has 3 rings (SSSR count). The predicted molar refractivity (Wildman–Crippen MR) is 149 cm³/mol. The van der Waals surface area contributed by atoms with Gasteiger partial charge in [0.05, 0.1) is 12.4 Å². The Kier molecular flexibility index (Phi) is 9.76. The number of hydrogen-bond donors (Lipinski definition) is 1. The Hall–Kier alpha value is -3.06. The number of anilines is 1. The second kappa shape index (κ2) is 12.8. The third kappa shape index (κ3) is 7.47. The molecule has 36 heavy (non-hydrogen) atoms. The molecule has 6 nitrogen and oxygen atoms in total. The lowest BCUT2D eigenvalue weighted by atomic mass is 9.87. The number of allylic oxidation sites excluding steroid dienone is 1. The summed E-state index contributed by atoms with van der Waals surface area (Å²) in [6, 6.07) is 14.4. The molecule has 192 valence electrons. The second-order valence-corrected chi connectivity index (χ2v) is 10.8. The zero-order valence-corrected chi connectivity index (χ0v) is 23.0. The number of benzene rings is 2. The van der Waals surface area contributed by atoms with Gasteiger partial charge in [0, 0.05) is 18.7 Å². The van der Waals surface area contributed by atoms with Crippen molar-refractivity contribution in [3.05, 3.63) is 77.6 Å². The number of nitrogens with zero attached hydrogens (tertiary/aromatic N) is 3. The molecule has 2 aromatic carbocycles. The Labute approximate surface area is 219 Å². The Morgan fingerprint density at radius 1 is 1.17 bits per heavy atom. The zero-order chi connectivity index (χ0) is 26.1. The van der Waals surface area contributed by atoms with E-state index in [1.807, 2.05) is 47.9 Å². The van der Waals surface area contributed by atoms with Gasteiger partial charge in [-0.1, -0.05) is 75.9 Å². The molecule has 3 aromatic rings. The van der Waals surface area contributed by atoms with Gasteiger partial charge in [-0.2, -0.15) is 0 Å². The van der Waals surface area contributed by atoms with E-state index in [2.05, 4.69) is 61.9 Å². The normalized spacial score (nSPS) is 11.4. The fraction of sp³-hybridized carbons (Fsp3) is 0.414. The molecular weight excluding hydrogens is 468 g/mol. The molecule has 0 bridgehead atoms. The Morgan fingerprint density at radius 3 is 2.58 bits per heavy atom. The molecule has 0 saturated heterocycles. The van der Waals surface area contributed by atoms with Gasteiger partial charge >= 0.3 is 0 Å². The molecule has 1 aromatic heterocycles. The van der Waals surface area contributed by atoms with Gasteiger partial charge in [0.1, 0.15) is 11.6 Å². The summed E-state index contributed by atoms with van der Waals surface area (Å²) in [6.07, 6.45) is 4.24. The fourth-order valence-electron chi connectivity index (χ4n) is 3.90. The maximum Gasteiger partial charge on any atom is 0.234 e. The smallest absolute Gasteiger partial charge is 0.234 e. The number of rotatable bonds is 12. The van der Waals surface area contributed by atoms with Crippen LogP contribution >= 0.6 is 11.8 Å². The van der Waals surface area contributed by atoms with E-state index in [4.69, 9.17) is 4.74 Å². The molecular formula is C29H38N4O2S. The van der Waals surface area contributed by atoms with E-state index in [0.717, 1.165) is 52.8 Å². The van der Waals surface area contributed by atoms with Crippen LogP contribution < -0.4 is 10.1 Å². The average Bonchev–Trinajstić information content (AvgIpc) is 3.23. The summed E-state index contributed by atoms with van der Waals surface area (Å²) >= 11 is 1.39. The Balaban J connectivity index is 1.53. The van der Waals surface area contributed by atoms with Crippen LogP contribution in [0.2, 0.25) is 0 Å². The van der Waals surface area contributed by atoms with Crippen LogP contribution in [-0.2, 0) is 29.6 Å². The second-order valence-electron chi connectivity index (χ2n) is 9.82. The van der Waals surface area contributed by atoms with E-state index in [-0.39, 0.29) is 17.1 Å². The standard InChI is InChI=1S/C29H38N4O2S/c1-7-18-33-25(13-10-19-35-24-16-14-23(15-17-24)29(4,5)6)31-32-28(33)36-20-26(34)30-27-21(3)11-9-12-22(27)8-2/h7,9,11-12,14-17H,1,8,10,13,18-20H2,2-6H3,(H,30,34). The fourth-order valence-corrected chi connectivity index (χ4v) is 4.67. The van der Waals surface area contributed by atoms with Gasteiger partial charge in [-0.25, -0.2) is 0 Å². The topological polar surface area (TPSA) is 69.0 Å². The lowest BCUT2D eigenvalue weighted by molar-refractivity contribution is -0.113. The summed E-state index contributed by atoms with van der Waals surface area (Å²) in [5.41, 5.74) is 4.53. The maximum absolute atomic E-state index is 12.7. The number of ether oxygens (including phenoxy) is 1. The van der Waals surface area contributed by atoms with Crippen molar-refractivity contribution in [3.8, 4) is 5.75 Å². The third-order valence-electron chi connectivity index (χ3n) is 5.98. The van der Waals surface area contributed by atoms with Crippen LogP contribution in [0.3, 0.4) is 0 Å². The van der Waals surface area contributed by atoms with Crippen LogP contribution in [0.25, 0.3) is 0 Å². The highest BCUT2D eigenvalue weighted by atomic mass is 32.2. The molecule has 0 fully saturated rings. The number of carbonyl (C=O) groups is 1. The van der Waals surface area contributed by atoms with Crippen LogP contribution in [0.15, 0.2) is 60.3 Å². The monoisotopic (exact) mass is 506 g/mol. The predicted octanol–water partition coefficient (Wildman–Crippen LogP) is 6.37. The molecule has 0 saturated carbocycles. The maximum atomic E-state index is 12.7. The summed E-state index contributed by atoms with van der Waals surface area (Å²) in [5, 5.41) is 12.5. The highest BCUT2D eigenvalue weighted by molar-refractivity contribution is 7.99. The number of carbonyl (C=O) groups excluding carboxylic acids is 1. The number of para-hydroxylation sites is 1. The van der Waals surface area contributed by atoms with Crippen molar-refractivity contribution in [2.75, 3.05) is 17.7 Å². The molecule has 1 heterocycles. The minimum atomic E-state index is -0.0513. The van der Waals surface area contributed by atoms with E-state index >= 15 is 0 Å². The quantitative estimate of drug-likeness (QED) is 0.175. The SMILES string of the molecule is C=CCn1c(CCCOc2ccc(C(C)(C)C)cc2)nnc1SCC(=O)Nc1c(C)cccc1CC. The van der Waals surface area contributed by atoms with Crippen molar-refractivity contribution >= 4 is 23.4 Å².